The lowest BCUT2D eigenvalue weighted by Crippen LogP contribution is -2.31. The zero-order valence-electron chi connectivity index (χ0n) is 14.3. The molecule has 2 rings (SSSR count). The number of sulfonamides is 1. The topological polar surface area (TPSA) is 80.8 Å². The molecular formula is C17H22ClNO5S. The number of hydrogen-bond acceptors (Lipinski definition) is 5. The van der Waals surface area contributed by atoms with Gasteiger partial charge in [0, 0.05) is 19.5 Å². The van der Waals surface area contributed by atoms with Gasteiger partial charge in [-0.2, -0.15) is 4.31 Å². The Bertz CT molecular complexity index is 758. The molecule has 6 nitrogen and oxygen atoms in total. The Labute approximate surface area is 153 Å². The van der Waals surface area contributed by atoms with E-state index in [9.17, 15) is 18.0 Å². The van der Waals surface area contributed by atoms with Gasteiger partial charge in [0.1, 0.15) is 4.90 Å². The smallest absolute Gasteiger partial charge is 0.338 e. The van der Waals surface area contributed by atoms with Crippen LogP contribution in [-0.2, 0) is 19.6 Å². The summed E-state index contributed by atoms with van der Waals surface area (Å²) in [6.07, 6.45) is 1.79. The Morgan fingerprint density at radius 1 is 1.28 bits per heavy atom. The first-order valence-corrected chi connectivity index (χ1v) is 10.2. The zero-order chi connectivity index (χ0) is 18.6. The molecule has 0 N–H and O–H groups in total. The fourth-order valence-electron chi connectivity index (χ4n) is 2.80. The van der Waals surface area contributed by atoms with Gasteiger partial charge in [-0.05, 0) is 37.5 Å². The third-order valence-corrected chi connectivity index (χ3v) is 6.77. The minimum Gasteiger partial charge on any atom is -0.451 e. The van der Waals surface area contributed by atoms with Crippen molar-refractivity contribution in [3.8, 4) is 0 Å². The molecule has 1 aliphatic carbocycles. The number of carbonyl (C=O) groups is 2. The van der Waals surface area contributed by atoms with Crippen molar-refractivity contribution in [2.75, 3.05) is 13.1 Å². The lowest BCUT2D eigenvalue weighted by molar-refractivity contribution is -0.129. The molecule has 1 unspecified atom stereocenters. The minimum absolute atomic E-state index is 0.0391. The molecule has 1 aromatic carbocycles. The Hall–Kier alpha value is -1.44. The summed E-state index contributed by atoms with van der Waals surface area (Å²) in [5.41, 5.74) is 0.0634. The second kappa shape index (κ2) is 8.29. The van der Waals surface area contributed by atoms with E-state index >= 15 is 0 Å². The van der Waals surface area contributed by atoms with E-state index < -0.39 is 22.1 Å². The predicted octanol–water partition coefficient (Wildman–Crippen LogP) is 3.04. The van der Waals surface area contributed by atoms with Crippen molar-refractivity contribution in [3.63, 3.8) is 0 Å². The fourth-order valence-corrected chi connectivity index (χ4v) is 4.76. The highest BCUT2D eigenvalue weighted by Gasteiger charge is 2.29. The first-order valence-electron chi connectivity index (χ1n) is 8.34. The zero-order valence-corrected chi connectivity index (χ0v) is 15.9. The van der Waals surface area contributed by atoms with Gasteiger partial charge in [-0.25, -0.2) is 13.2 Å². The molecule has 0 aromatic heterocycles. The van der Waals surface area contributed by atoms with Crippen molar-refractivity contribution in [2.24, 2.45) is 0 Å². The number of ketones is 1. The number of carbonyl (C=O) groups excluding carboxylic acids is 2. The van der Waals surface area contributed by atoms with Gasteiger partial charge >= 0.3 is 5.97 Å². The second-order valence-electron chi connectivity index (χ2n) is 5.84. The first-order chi connectivity index (χ1) is 11.8. The summed E-state index contributed by atoms with van der Waals surface area (Å²) in [5.74, 6) is -0.808. The highest BCUT2D eigenvalue weighted by Crippen LogP contribution is 2.27. The summed E-state index contributed by atoms with van der Waals surface area (Å²) in [5, 5.41) is 0.0391. The van der Waals surface area contributed by atoms with Crippen molar-refractivity contribution >= 4 is 33.4 Å². The largest absolute Gasteiger partial charge is 0.451 e. The third-order valence-electron chi connectivity index (χ3n) is 4.24. The van der Waals surface area contributed by atoms with Crippen LogP contribution >= 0.6 is 11.6 Å². The van der Waals surface area contributed by atoms with Crippen molar-refractivity contribution in [2.45, 2.75) is 50.5 Å². The quantitative estimate of drug-likeness (QED) is 0.701. The number of hydrogen-bond donors (Lipinski definition) is 0. The van der Waals surface area contributed by atoms with Crippen LogP contribution in [0.1, 0.15) is 49.9 Å². The summed E-state index contributed by atoms with van der Waals surface area (Å²) in [4.78, 5) is 24.0. The van der Waals surface area contributed by atoms with Crippen LogP contribution in [0.2, 0.25) is 5.02 Å². The van der Waals surface area contributed by atoms with Crippen LogP contribution in [0.5, 0.6) is 0 Å². The van der Waals surface area contributed by atoms with Crippen molar-refractivity contribution in [1.29, 1.82) is 0 Å². The molecule has 0 amide bonds. The molecule has 1 aliphatic rings. The van der Waals surface area contributed by atoms with Crippen molar-refractivity contribution in [3.05, 3.63) is 28.8 Å². The summed E-state index contributed by atoms with van der Waals surface area (Å²) in [6.45, 7) is 4.03. The van der Waals surface area contributed by atoms with Crippen molar-refractivity contribution in [1.82, 2.24) is 4.31 Å². The van der Waals surface area contributed by atoms with E-state index in [4.69, 9.17) is 16.3 Å². The number of halogens is 1. The third kappa shape index (κ3) is 4.40. The van der Waals surface area contributed by atoms with E-state index in [1.54, 1.807) is 13.8 Å². The Kier molecular flexibility index (Phi) is 6.59. The molecule has 0 aliphatic heterocycles. The van der Waals surface area contributed by atoms with Gasteiger partial charge in [0.25, 0.3) is 0 Å². The van der Waals surface area contributed by atoms with E-state index in [-0.39, 0.29) is 21.3 Å². The molecule has 0 spiro atoms. The van der Waals surface area contributed by atoms with Gasteiger partial charge in [0.15, 0.2) is 11.9 Å². The summed E-state index contributed by atoms with van der Waals surface area (Å²) >= 11 is 6.05. The molecule has 0 bridgehead atoms. The maximum Gasteiger partial charge on any atom is 0.338 e. The normalized spacial score (nSPS) is 18.4. The van der Waals surface area contributed by atoms with Crippen LogP contribution < -0.4 is 0 Å². The molecule has 0 saturated heterocycles. The van der Waals surface area contributed by atoms with Crippen LogP contribution in [0.15, 0.2) is 23.1 Å². The average Bonchev–Trinajstić information content (AvgIpc) is 2.58. The summed E-state index contributed by atoms with van der Waals surface area (Å²) < 4.78 is 31.9. The Morgan fingerprint density at radius 3 is 2.56 bits per heavy atom. The van der Waals surface area contributed by atoms with E-state index in [0.717, 1.165) is 12.8 Å². The number of benzene rings is 1. The van der Waals surface area contributed by atoms with Crippen molar-refractivity contribution < 1.29 is 22.7 Å². The monoisotopic (exact) mass is 387 g/mol. The molecular weight excluding hydrogens is 366 g/mol. The number of nitrogens with zero attached hydrogens (tertiary/aromatic N) is 1. The van der Waals surface area contributed by atoms with Gasteiger partial charge < -0.3 is 4.74 Å². The summed E-state index contributed by atoms with van der Waals surface area (Å²) in [7, 11) is -3.81. The van der Waals surface area contributed by atoms with Crippen LogP contribution in [-0.4, -0.2) is 43.7 Å². The van der Waals surface area contributed by atoms with Crippen LogP contribution in [0.3, 0.4) is 0 Å². The first kappa shape index (κ1) is 19.9. The molecule has 1 aromatic rings. The predicted molar refractivity (Wildman–Crippen MR) is 94.2 cm³/mol. The van der Waals surface area contributed by atoms with E-state index in [0.29, 0.717) is 25.9 Å². The number of rotatable bonds is 6. The Balaban J connectivity index is 2.29. The van der Waals surface area contributed by atoms with Gasteiger partial charge in [0.2, 0.25) is 10.0 Å². The maximum atomic E-state index is 12.7. The van der Waals surface area contributed by atoms with E-state index in [1.165, 1.54) is 22.5 Å². The molecule has 1 atom stereocenters. The number of ether oxygens (including phenoxy) is 1. The van der Waals surface area contributed by atoms with E-state index in [2.05, 4.69) is 0 Å². The van der Waals surface area contributed by atoms with E-state index in [1.807, 2.05) is 0 Å². The average molecular weight is 388 g/mol. The molecule has 1 fully saturated rings. The number of Topliss-reactive ketones (excluding diaryl/α,β-unsaturated/α-hetero) is 1. The SMILES string of the molecule is CCN(CC)S(=O)(=O)c1cc(C(=O)OC2CCCCC2=O)ccc1Cl. The highest BCUT2D eigenvalue weighted by atomic mass is 35.5. The fraction of sp³-hybridized carbons (Fsp3) is 0.529. The number of esters is 1. The molecule has 138 valence electrons. The molecule has 0 radical (unpaired) electrons. The van der Waals surface area contributed by atoms with Gasteiger partial charge in [0.05, 0.1) is 10.6 Å². The minimum atomic E-state index is -3.81. The van der Waals surface area contributed by atoms with Gasteiger partial charge in [-0.1, -0.05) is 25.4 Å². The molecule has 1 saturated carbocycles. The Morgan fingerprint density at radius 2 is 1.96 bits per heavy atom. The van der Waals surface area contributed by atoms with Crippen LogP contribution in [0.4, 0.5) is 0 Å². The maximum absolute atomic E-state index is 12.7. The van der Waals surface area contributed by atoms with Crippen LogP contribution in [0, 0.1) is 0 Å². The highest BCUT2D eigenvalue weighted by molar-refractivity contribution is 7.89. The standard InChI is InChI=1S/C17H22ClNO5S/c1-3-19(4-2)25(22,23)16-11-12(9-10-13(16)18)17(21)24-15-8-6-5-7-14(15)20/h9-11,15H,3-8H2,1-2H3. The lowest BCUT2D eigenvalue weighted by atomic mass is 9.96. The molecule has 8 heteroatoms. The molecule has 25 heavy (non-hydrogen) atoms. The second-order valence-corrected chi connectivity index (χ2v) is 8.15. The van der Waals surface area contributed by atoms with Crippen LogP contribution in [0.25, 0.3) is 0 Å². The van der Waals surface area contributed by atoms with Gasteiger partial charge in [-0.3, -0.25) is 4.79 Å². The summed E-state index contributed by atoms with van der Waals surface area (Å²) in [6, 6.07) is 3.97. The van der Waals surface area contributed by atoms with Gasteiger partial charge in [-0.15, -0.1) is 0 Å². The lowest BCUT2D eigenvalue weighted by Gasteiger charge is -2.21. The molecule has 0 heterocycles.